The van der Waals surface area contributed by atoms with Gasteiger partial charge in [0.1, 0.15) is 57.2 Å². The molecule has 164 valence electrons. The van der Waals surface area contributed by atoms with Crippen LogP contribution in [0.5, 0.6) is 5.75 Å². The third-order valence-corrected chi connectivity index (χ3v) is 6.22. The molecule has 0 aromatic heterocycles. The van der Waals surface area contributed by atoms with Crippen molar-refractivity contribution in [2.75, 3.05) is 39.3 Å². The number of hydrogen-bond acceptors (Lipinski definition) is 3. The number of hydrogen-bond donors (Lipinski definition) is 3. The molecule has 1 fully saturated rings. The Morgan fingerprint density at radius 2 is 1.38 bits per heavy atom. The Hall–Kier alpha value is -3.17. The number of ether oxygens (including phenoxy) is 1. The maximum atomic E-state index is 10.5. The van der Waals surface area contributed by atoms with Crippen molar-refractivity contribution >= 4 is 0 Å². The van der Waals surface area contributed by atoms with Crippen LogP contribution in [-0.2, 0) is 0 Å². The summed E-state index contributed by atoms with van der Waals surface area (Å²) in [6, 6.07) is 31.0. The van der Waals surface area contributed by atoms with Gasteiger partial charge in [0.25, 0.3) is 0 Å². The first-order chi connectivity index (χ1) is 15.7. The van der Waals surface area contributed by atoms with Crippen LogP contribution in [0.2, 0.25) is 0 Å². The Bertz CT molecular complexity index is 955. The van der Waals surface area contributed by atoms with E-state index >= 15 is 0 Å². The molecule has 0 unspecified atom stereocenters. The molecule has 3 aromatic carbocycles. The number of benzene rings is 3. The molecule has 1 aliphatic rings. The maximum Gasteiger partial charge on any atom is 0.139 e. The third kappa shape index (κ3) is 5.74. The molecule has 3 N–H and O–H groups in total. The smallest absolute Gasteiger partial charge is 0.139 e. The number of nitriles is 1. The summed E-state index contributed by atoms with van der Waals surface area (Å²) in [5.74, 6) is 0.681. The van der Waals surface area contributed by atoms with Gasteiger partial charge in [-0.1, -0.05) is 60.7 Å². The number of nitrogens with one attached hydrogen (secondary N) is 2. The molecule has 0 amide bonds. The van der Waals surface area contributed by atoms with E-state index in [4.69, 9.17) is 10.00 Å². The van der Waals surface area contributed by atoms with Crippen LogP contribution in [0.1, 0.15) is 22.7 Å². The molecule has 1 saturated heterocycles. The second-order valence-corrected chi connectivity index (χ2v) is 8.47. The summed E-state index contributed by atoms with van der Waals surface area (Å²) in [5, 5.41) is 19.4. The Labute approximate surface area is 190 Å². The molecule has 0 radical (unpaired) electrons. The van der Waals surface area contributed by atoms with Gasteiger partial charge in [-0.05, 0) is 24.3 Å². The van der Waals surface area contributed by atoms with Crippen molar-refractivity contribution < 1.29 is 19.6 Å². The van der Waals surface area contributed by atoms with Gasteiger partial charge >= 0.3 is 0 Å². The molecular formula is C27H31N3O2+2. The highest BCUT2D eigenvalue weighted by molar-refractivity contribution is 5.34. The van der Waals surface area contributed by atoms with E-state index in [9.17, 15) is 5.11 Å². The van der Waals surface area contributed by atoms with Crippen LogP contribution in [0.3, 0.4) is 0 Å². The molecule has 5 heteroatoms. The minimum absolute atomic E-state index is 0.266. The molecule has 1 atom stereocenters. The Balaban J connectivity index is 1.31. The van der Waals surface area contributed by atoms with Crippen molar-refractivity contribution in [2.24, 2.45) is 0 Å². The van der Waals surface area contributed by atoms with Gasteiger partial charge in [0.05, 0.1) is 11.6 Å². The third-order valence-electron chi connectivity index (χ3n) is 6.22. The fourth-order valence-electron chi connectivity index (χ4n) is 4.58. The normalized spacial score (nSPS) is 19.3. The fourth-order valence-corrected chi connectivity index (χ4v) is 4.58. The van der Waals surface area contributed by atoms with Crippen molar-refractivity contribution in [3.63, 3.8) is 0 Å². The topological polar surface area (TPSA) is 62.1 Å². The molecule has 4 rings (SSSR count). The lowest BCUT2D eigenvalue weighted by Gasteiger charge is -2.35. The number of quaternary nitrogens is 2. The second kappa shape index (κ2) is 10.9. The zero-order chi connectivity index (χ0) is 22.2. The SMILES string of the molecule is N#Cc1ccc(OC[C@H](O)C[NH+]2CC[NH+](C(c3ccccc3)c3ccccc3)CC2)cc1. The zero-order valence-electron chi connectivity index (χ0n) is 18.3. The molecule has 0 spiro atoms. The summed E-state index contributed by atoms with van der Waals surface area (Å²) >= 11 is 0. The Morgan fingerprint density at radius 3 is 1.91 bits per heavy atom. The molecule has 1 aliphatic heterocycles. The Morgan fingerprint density at radius 1 is 0.812 bits per heavy atom. The van der Waals surface area contributed by atoms with Crippen LogP contribution in [0.4, 0.5) is 0 Å². The highest BCUT2D eigenvalue weighted by atomic mass is 16.5. The average Bonchev–Trinajstić information content (AvgIpc) is 2.86. The highest BCUT2D eigenvalue weighted by Gasteiger charge is 2.32. The minimum atomic E-state index is -0.513. The number of aliphatic hydroxyl groups is 1. The summed E-state index contributed by atoms with van der Waals surface area (Å²) in [4.78, 5) is 3.00. The van der Waals surface area contributed by atoms with Gasteiger partial charge in [-0.2, -0.15) is 5.26 Å². The quantitative estimate of drug-likeness (QED) is 0.498. The van der Waals surface area contributed by atoms with Crippen molar-refractivity contribution in [3.05, 3.63) is 102 Å². The van der Waals surface area contributed by atoms with E-state index in [1.54, 1.807) is 29.2 Å². The standard InChI is InChI=1S/C27H29N3O2/c28-19-22-11-13-26(14-12-22)32-21-25(31)20-29-15-17-30(18-16-29)27(23-7-3-1-4-8-23)24-9-5-2-6-10-24/h1-14,25,27,31H,15-18,20-21H2/p+2/t25-/m1/s1. The van der Waals surface area contributed by atoms with E-state index < -0.39 is 6.10 Å². The van der Waals surface area contributed by atoms with E-state index in [0.29, 0.717) is 23.9 Å². The number of piperazine rings is 1. The van der Waals surface area contributed by atoms with Crippen LogP contribution in [-0.4, -0.2) is 50.5 Å². The molecule has 0 bridgehead atoms. The van der Waals surface area contributed by atoms with E-state index in [1.165, 1.54) is 16.0 Å². The monoisotopic (exact) mass is 429 g/mol. The van der Waals surface area contributed by atoms with Gasteiger partial charge in [0.15, 0.2) is 0 Å². The second-order valence-electron chi connectivity index (χ2n) is 8.47. The molecule has 0 aliphatic carbocycles. The number of nitrogens with zero attached hydrogens (tertiary/aromatic N) is 1. The van der Waals surface area contributed by atoms with Crippen LogP contribution >= 0.6 is 0 Å². The summed E-state index contributed by atoms with van der Waals surface area (Å²) in [5.41, 5.74) is 3.31. The van der Waals surface area contributed by atoms with E-state index in [1.807, 2.05) is 0 Å². The summed E-state index contributed by atoms with van der Waals surface area (Å²) in [6.45, 7) is 5.13. The van der Waals surface area contributed by atoms with Crippen molar-refractivity contribution in [3.8, 4) is 11.8 Å². The predicted molar refractivity (Wildman–Crippen MR) is 124 cm³/mol. The van der Waals surface area contributed by atoms with Crippen LogP contribution in [0.15, 0.2) is 84.9 Å². The molecule has 0 saturated carbocycles. The van der Waals surface area contributed by atoms with Gasteiger partial charge in [-0.25, -0.2) is 0 Å². The van der Waals surface area contributed by atoms with Crippen molar-refractivity contribution in [1.29, 1.82) is 5.26 Å². The van der Waals surface area contributed by atoms with Gasteiger partial charge in [-0.3, -0.25) is 0 Å². The highest BCUT2D eigenvalue weighted by Crippen LogP contribution is 2.18. The van der Waals surface area contributed by atoms with Gasteiger partial charge in [0.2, 0.25) is 0 Å². The fraction of sp³-hybridized carbons (Fsp3) is 0.296. The van der Waals surface area contributed by atoms with Crippen LogP contribution < -0.4 is 14.5 Å². The zero-order valence-corrected chi connectivity index (χ0v) is 18.3. The lowest BCUT2D eigenvalue weighted by molar-refractivity contribution is -1.02. The molecule has 5 nitrogen and oxygen atoms in total. The predicted octanol–water partition coefficient (Wildman–Crippen LogP) is 0.871. The first-order valence-corrected chi connectivity index (χ1v) is 11.3. The maximum absolute atomic E-state index is 10.5. The molecular weight excluding hydrogens is 398 g/mol. The van der Waals surface area contributed by atoms with Crippen LogP contribution in [0.25, 0.3) is 0 Å². The molecule has 1 heterocycles. The van der Waals surface area contributed by atoms with Crippen molar-refractivity contribution in [2.45, 2.75) is 12.1 Å². The summed E-state index contributed by atoms with van der Waals surface area (Å²) in [7, 11) is 0. The van der Waals surface area contributed by atoms with Gasteiger partial charge in [0, 0.05) is 11.1 Å². The first kappa shape index (κ1) is 22.0. The van der Waals surface area contributed by atoms with Crippen molar-refractivity contribution in [1.82, 2.24) is 0 Å². The number of rotatable bonds is 8. The number of aliphatic hydroxyl groups excluding tert-OH is 1. The molecule has 32 heavy (non-hydrogen) atoms. The Kier molecular flexibility index (Phi) is 7.52. The average molecular weight is 430 g/mol. The summed E-state index contributed by atoms with van der Waals surface area (Å²) in [6.07, 6.45) is -0.513. The van der Waals surface area contributed by atoms with Crippen LogP contribution in [0, 0.1) is 11.3 Å². The largest absolute Gasteiger partial charge is 0.491 e. The minimum Gasteiger partial charge on any atom is -0.491 e. The van der Waals surface area contributed by atoms with Gasteiger partial charge in [-0.15, -0.1) is 0 Å². The van der Waals surface area contributed by atoms with E-state index in [-0.39, 0.29) is 6.61 Å². The molecule has 3 aromatic rings. The van der Waals surface area contributed by atoms with Gasteiger partial charge < -0.3 is 19.6 Å². The lowest BCUT2D eigenvalue weighted by atomic mass is 9.96. The first-order valence-electron chi connectivity index (χ1n) is 11.3. The van der Waals surface area contributed by atoms with E-state index in [2.05, 4.69) is 66.7 Å². The van der Waals surface area contributed by atoms with E-state index in [0.717, 1.165) is 26.2 Å². The lowest BCUT2D eigenvalue weighted by Crippen LogP contribution is -3.28. The summed E-state index contributed by atoms with van der Waals surface area (Å²) < 4.78 is 5.71.